The number of carbonyl (C=O) groups is 2. The largest absolute Gasteiger partial charge is 0.395 e. The van der Waals surface area contributed by atoms with E-state index in [1.54, 1.807) is 9.80 Å². The molecule has 1 fully saturated rings. The zero-order valence-corrected chi connectivity index (χ0v) is 11.6. The van der Waals surface area contributed by atoms with Crippen LogP contribution in [0.5, 0.6) is 0 Å². The molecule has 0 atom stereocenters. The molecule has 0 bridgehead atoms. The fourth-order valence-electron chi connectivity index (χ4n) is 2.13. The van der Waals surface area contributed by atoms with Gasteiger partial charge in [0.05, 0.1) is 19.7 Å². The van der Waals surface area contributed by atoms with E-state index in [9.17, 15) is 18.4 Å². The molecule has 6 nitrogen and oxygen atoms in total. The summed E-state index contributed by atoms with van der Waals surface area (Å²) in [7, 11) is 0. The number of halogens is 2. The summed E-state index contributed by atoms with van der Waals surface area (Å²) in [4.78, 5) is 27.6. The highest BCUT2D eigenvalue weighted by atomic mass is 19.3. The second-order valence-corrected chi connectivity index (χ2v) is 4.74. The standard InChI is InChI=1S/C12H21F2N3O3/c1-10(19)16-2-4-17(5-3-16)12(20)9-15(6-7-18)8-11(13)14/h11,18H,2-9H2,1H3. The molecule has 1 heterocycles. The SMILES string of the molecule is CC(=O)N1CCN(C(=O)CN(CCO)CC(F)F)CC1. The van der Waals surface area contributed by atoms with Gasteiger partial charge in [0.1, 0.15) is 0 Å². The first kappa shape index (κ1) is 16.8. The van der Waals surface area contributed by atoms with Gasteiger partial charge in [-0.25, -0.2) is 8.78 Å². The van der Waals surface area contributed by atoms with Gasteiger partial charge in [0, 0.05) is 39.6 Å². The second-order valence-electron chi connectivity index (χ2n) is 4.74. The molecule has 2 amide bonds. The number of nitrogens with zero attached hydrogens (tertiary/aromatic N) is 3. The summed E-state index contributed by atoms with van der Waals surface area (Å²) in [6, 6.07) is 0. The number of rotatable bonds is 6. The van der Waals surface area contributed by atoms with Crippen LogP contribution >= 0.6 is 0 Å². The Balaban J connectivity index is 2.43. The van der Waals surface area contributed by atoms with Crippen LogP contribution in [0.2, 0.25) is 0 Å². The van der Waals surface area contributed by atoms with Gasteiger partial charge in [0.15, 0.2) is 0 Å². The van der Waals surface area contributed by atoms with Gasteiger partial charge in [-0.1, -0.05) is 0 Å². The van der Waals surface area contributed by atoms with Crippen molar-refractivity contribution in [2.24, 2.45) is 0 Å². The summed E-state index contributed by atoms with van der Waals surface area (Å²) >= 11 is 0. The first-order valence-electron chi connectivity index (χ1n) is 6.58. The Kier molecular flexibility index (Phi) is 6.80. The van der Waals surface area contributed by atoms with E-state index in [0.29, 0.717) is 26.2 Å². The molecule has 1 rings (SSSR count). The minimum Gasteiger partial charge on any atom is -0.395 e. The van der Waals surface area contributed by atoms with E-state index in [4.69, 9.17) is 5.11 Å². The molecule has 1 N–H and O–H groups in total. The molecular formula is C12H21F2N3O3. The van der Waals surface area contributed by atoms with Crippen molar-refractivity contribution in [1.82, 2.24) is 14.7 Å². The number of hydrogen-bond donors (Lipinski definition) is 1. The Hall–Kier alpha value is -1.28. The molecule has 0 aromatic rings. The molecule has 1 aliphatic rings. The van der Waals surface area contributed by atoms with Crippen LogP contribution in [0.1, 0.15) is 6.92 Å². The molecule has 0 aromatic heterocycles. The Bertz CT molecular complexity index is 334. The number of aliphatic hydroxyl groups excluding tert-OH is 1. The van der Waals surface area contributed by atoms with Crippen LogP contribution < -0.4 is 0 Å². The molecule has 0 unspecified atom stereocenters. The maximum absolute atomic E-state index is 12.3. The first-order chi connectivity index (χ1) is 9.43. The van der Waals surface area contributed by atoms with Gasteiger partial charge in [-0.05, 0) is 0 Å². The molecule has 0 aromatic carbocycles. The first-order valence-corrected chi connectivity index (χ1v) is 6.58. The smallest absolute Gasteiger partial charge is 0.251 e. The number of hydrogen-bond acceptors (Lipinski definition) is 4. The Labute approximate surface area is 116 Å². The number of alkyl halides is 2. The lowest BCUT2D eigenvalue weighted by Crippen LogP contribution is -2.52. The van der Waals surface area contributed by atoms with Crippen molar-refractivity contribution in [3.05, 3.63) is 0 Å². The van der Waals surface area contributed by atoms with E-state index in [2.05, 4.69) is 0 Å². The monoisotopic (exact) mass is 293 g/mol. The fraction of sp³-hybridized carbons (Fsp3) is 0.833. The molecule has 1 aliphatic heterocycles. The maximum atomic E-state index is 12.3. The average molecular weight is 293 g/mol. The van der Waals surface area contributed by atoms with Crippen molar-refractivity contribution < 1.29 is 23.5 Å². The van der Waals surface area contributed by atoms with Crippen LogP contribution in [0.25, 0.3) is 0 Å². The minimum absolute atomic E-state index is 0.0308. The van der Waals surface area contributed by atoms with Crippen molar-refractivity contribution in [3.63, 3.8) is 0 Å². The summed E-state index contributed by atoms with van der Waals surface area (Å²) < 4.78 is 24.7. The highest BCUT2D eigenvalue weighted by molar-refractivity contribution is 5.79. The number of carbonyl (C=O) groups excluding carboxylic acids is 2. The van der Waals surface area contributed by atoms with Gasteiger partial charge in [-0.3, -0.25) is 14.5 Å². The van der Waals surface area contributed by atoms with E-state index in [0.717, 1.165) is 0 Å². The summed E-state index contributed by atoms with van der Waals surface area (Å²) in [5.41, 5.74) is 0. The van der Waals surface area contributed by atoms with Crippen molar-refractivity contribution >= 4 is 11.8 Å². The quantitative estimate of drug-likeness (QED) is 0.699. The van der Waals surface area contributed by atoms with Crippen LogP contribution in [0.4, 0.5) is 8.78 Å². The molecule has 1 saturated heterocycles. The minimum atomic E-state index is -2.54. The van der Waals surface area contributed by atoms with Gasteiger partial charge < -0.3 is 14.9 Å². The topological polar surface area (TPSA) is 64.1 Å². The highest BCUT2D eigenvalue weighted by Gasteiger charge is 2.24. The zero-order chi connectivity index (χ0) is 15.1. The van der Waals surface area contributed by atoms with Crippen LogP contribution in [0, 0.1) is 0 Å². The fourth-order valence-corrected chi connectivity index (χ4v) is 2.13. The van der Waals surface area contributed by atoms with Crippen molar-refractivity contribution in [1.29, 1.82) is 0 Å². The lowest BCUT2D eigenvalue weighted by atomic mass is 10.3. The van der Waals surface area contributed by atoms with E-state index < -0.39 is 13.0 Å². The van der Waals surface area contributed by atoms with Gasteiger partial charge in [-0.15, -0.1) is 0 Å². The predicted octanol–water partition coefficient (Wildman–Crippen LogP) is -0.763. The zero-order valence-electron chi connectivity index (χ0n) is 11.6. The van der Waals surface area contributed by atoms with E-state index in [-0.39, 0.29) is 31.5 Å². The molecule has 0 radical (unpaired) electrons. The average Bonchev–Trinajstić information content (AvgIpc) is 2.38. The van der Waals surface area contributed by atoms with E-state index >= 15 is 0 Å². The molecular weight excluding hydrogens is 272 g/mol. The molecule has 116 valence electrons. The van der Waals surface area contributed by atoms with Crippen molar-refractivity contribution in [3.8, 4) is 0 Å². The van der Waals surface area contributed by atoms with Crippen LogP contribution in [-0.2, 0) is 9.59 Å². The van der Waals surface area contributed by atoms with E-state index in [1.807, 2.05) is 0 Å². The van der Waals surface area contributed by atoms with Crippen LogP contribution in [-0.4, -0.2) is 90.5 Å². The van der Waals surface area contributed by atoms with Gasteiger partial charge in [0.25, 0.3) is 6.43 Å². The third-order valence-corrected chi connectivity index (χ3v) is 3.25. The third-order valence-electron chi connectivity index (χ3n) is 3.25. The molecule has 20 heavy (non-hydrogen) atoms. The number of aliphatic hydroxyl groups is 1. The summed E-state index contributed by atoms with van der Waals surface area (Å²) in [5.74, 6) is -0.279. The Morgan fingerprint density at radius 1 is 1.20 bits per heavy atom. The third kappa shape index (κ3) is 5.38. The number of amides is 2. The Morgan fingerprint density at radius 2 is 1.75 bits per heavy atom. The Morgan fingerprint density at radius 3 is 2.20 bits per heavy atom. The van der Waals surface area contributed by atoms with Crippen LogP contribution in [0.15, 0.2) is 0 Å². The summed E-state index contributed by atoms with van der Waals surface area (Å²) in [6.07, 6.45) is -2.54. The van der Waals surface area contributed by atoms with Crippen molar-refractivity contribution in [2.45, 2.75) is 13.3 Å². The van der Waals surface area contributed by atoms with Crippen molar-refractivity contribution in [2.75, 3.05) is 52.4 Å². The maximum Gasteiger partial charge on any atom is 0.251 e. The normalized spacial score (nSPS) is 16.1. The molecule has 8 heteroatoms. The second kappa shape index (κ2) is 8.11. The highest BCUT2D eigenvalue weighted by Crippen LogP contribution is 2.05. The molecule has 0 aliphatic carbocycles. The van der Waals surface area contributed by atoms with E-state index in [1.165, 1.54) is 11.8 Å². The predicted molar refractivity (Wildman–Crippen MR) is 68.4 cm³/mol. The lowest BCUT2D eigenvalue weighted by molar-refractivity contribution is -0.139. The van der Waals surface area contributed by atoms with Gasteiger partial charge in [0.2, 0.25) is 11.8 Å². The van der Waals surface area contributed by atoms with Gasteiger partial charge >= 0.3 is 0 Å². The molecule has 0 saturated carbocycles. The summed E-state index contributed by atoms with van der Waals surface area (Å²) in [5, 5.41) is 8.81. The van der Waals surface area contributed by atoms with Crippen LogP contribution in [0.3, 0.4) is 0 Å². The summed E-state index contributed by atoms with van der Waals surface area (Å²) in [6.45, 7) is 2.36. The van der Waals surface area contributed by atoms with Gasteiger partial charge in [-0.2, -0.15) is 0 Å². The lowest BCUT2D eigenvalue weighted by Gasteiger charge is -2.35. The number of piperazine rings is 1. The molecule has 0 spiro atoms.